The van der Waals surface area contributed by atoms with Gasteiger partial charge in [-0.05, 0) is 31.7 Å². The lowest BCUT2D eigenvalue weighted by Crippen LogP contribution is -2.41. The van der Waals surface area contributed by atoms with Gasteiger partial charge in [0.15, 0.2) is 0 Å². The van der Waals surface area contributed by atoms with E-state index in [9.17, 15) is 4.79 Å². The summed E-state index contributed by atoms with van der Waals surface area (Å²) in [6, 6.07) is 1.73. The summed E-state index contributed by atoms with van der Waals surface area (Å²) in [7, 11) is 0. The number of nitrogens with zero attached hydrogens (tertiary/aromatic N) is 3. The maximum absolute atomic E-state index is 12.3. The summed E-state index contributed by atoms with van der Waals surface area (Å²) in [5.41, 5.74) is 0.643. The Balaban J connectivity index is 1.65. The highest BCUT2D eigenvalue weighted by Crippen LogP contribution is 2.20. The number of carbonyl (C=O) groups excluding carboxylic acids is 1. The molecule has 0 bridgehead atoms. The molecule has 1 saturated heterocycles. The monoisotopic (exact) mass is 273 g/mol. The van der Waals surface area contributed by atoms with Crippen LogP contribution in [0.5, 0.6) is 0 Å². The van der Waals surface area contributed by atoms with Crippen molar-refractivity contribution in [2.24, 2.45) is 5.92 Å². The number of likely N-dealkylation sites (tertiary alicyclic amines) is 1. The first-order chi connectivity index (χ1) is 9.74. The lowest BCUT2D eigenvalue weighted by molar-refractivity contribution is 0.0661. The van der Waals surface area contributed by atoms with Gasteiger partial charge in [-0.25, -0.2) is 4.98 Å². The van der Waals surface area contributed by atoms with Gasteiger partial charge in [-0.1, -0.05) is 0 Å². The number of imidazole rings is 1. The Labute approximate surface area is 118 Å². The number of aryl methyl sites for hydroxylation is 1. The smallest absolute Gasteiger partial charge is 0.257 e. The first-order valence-corrected chi connectivity index (χ1v) is 7.03. The largest absolute Gasteiger partial charge is 0.472 e. The van der Waals surface area contributed by atoms with E-state index >= 15 is 0 Å². The van der Waals surface area contributed by atoms with E-state index in [2.05, 4.69) is 9.55 Å². The summed E-state index contributed by atoms with van der Waals surface area (Å²) in [6.45, 7) is 4.59. The second kappa shape index (κ2) is 5.53. The summed E-state index contributed by atoms with van der Waals surface area (Å²) in [6.07, 6.45) is 9.11. The summed E-state index contributed by atoms with van der Waals surface area (Å²) < 4.78 is 7.16. The van der Waals surface area contributed by atoms with Crippen LogP contribution in [-0.4, -0.2) is 33.4 Å². The van der Waals surface area contributed by atoms with E-state index in [0.29, 0.717) is 11.5 Å². The molecule has 106 valence electrons. The highest BCUT2D eigenvalue weighted by Gasteiger charge is 2.25. The molecular formula is C15H19N3O2. The first-order valence-electron chi connectivity index (χ1n) is 7.03. The predicted molar refractivity (Wildman–Crippen MR) is 74.3 cm³/mol. The zero-order valence-electron chi connectivity index (χ0n) is 11.7. The van der Waals surface area contributed by atoms with Crippen molar-refractivity contribution in [3.8, 4) is 0 Å². The fourth-order valence-corrected chi connectivity index (χ4v) is 2.84. The number of piperidine rings is 1. The van der Waals surface area contributed by atoms with Crippen molar-refractivity contribution in [3.05, 3.63) is 42.4 Å². The van der Waals surface area contributed by atoms with E-state index in [-0.39, 0.29) is 5.91 Å². The minimum atomic E-state index is 0.0748. The molecule has 3 heterocycles. The summed E-state index contributed by atoms with van der Waals surface area (Å²) in [5, 5.41) is 0. The van der Waals surface area contributed by atoms with Gasteiger partial charge in [0.1, 0.15) is 12.1 Å². The number of hydrogen-bond donors (Lipinski definition) is 0. The van der Waals surface area contributed by atoms with Gasteiger partial charge in [-0.3, -0.25) is 4.79 Å². The topological polar surface area (TPSA) is 51.3 Å². The molecule has 0 N–H and O–H groups in total. The average Bonchev–Trinajstić information content (AvgIpc) is 3.11. The molecule has 0 spiro atoms. The van der Waals surface area contributed by atoms with E-state index < -0.39 is 0 Å². The molecular weight excluding hydrogens is 254 g/mol. The first kappa shape index (κ1) is 13.0. The van der Waals surface area contributed by atoms with Crippen molar-refractivity contribution in [1.29, 1.82) is 0 Å². The highest BCUT2D eigenvalue weighted by atomic mass is 16.3. The Morgan fingerprint density at radius 2 is 2.45 bits per heavy atom. The van der Waals surface area contributed by atoms with Crippen LogP contribution in [-0.2, 0) is 6.54 Å². The maximum atomic E-state index is 12.3. The summed E-state index contributed by atoms with van der Waals surface area (Å²) >= 11 is 0. The molecule has 5 nitrogen and oxygen atoms in total. The molecule has 2 aromatic heterocycles. The standard InChI is InChI=1S/C15H19N3O2/c1-12-16-5-7-17(12)9-13-3-2-6-18(10-13)15(19)14-4-8-20-11-14/h4-5,7-8,11,13H,2-3,6,9-10H2,1H3/t13-/m0/s1. The third-order valence-corrected chi connectivity index (χ3v) is 3.95. The second-order valence-electron chi connectivity index (χ2n) is 5.40. The molecule has 1 amide bonds. The van der Waals surface area contributed by atoms with Crippen molar-refractivity contribution in [1.82, 2.24) is 14.5 Å². The Morgan fingerprint density at radius 1 is 1.55 bits per heavy atom. The fraction of sp³-hybridized carbons (Fsp3) is 0.467. The maximum Gasteiger partial charge on any atom is 0.257 e. The van der Waals surface area contributed by atoms with Gasteiger partial charge >= 0.3 is 0 Å². The number of hydrogen-bond acceptors (Lipinski definition) is 3. The molecule has 0 saturated carbocycles. The predicted octanol–water partition coefficient (Wildman–Crippen LogP) is 2.34. The van der Waals surface area contributed by atoms with Crippen molar-refractivity contribution in [2.45, 2.75) is 26.3 Å². The number of carbonyl (C=O) groups is 1. The van der Waals surface area contributed by atoms with Gasteiger partial charge in [0.25, 0.3) is 5.91 Å². The molecule has 1 aliphatic rings. The van der Waals surface area contributed by atoms with Crippen molar-refractivity contribution >= 4 is 5.91 Å². The van der Waals surface area contributed by atoms with Crippen molar-refractivity contribution in [2.75, 3.05) is 13.1 Å². The third-order valence-electron chi connectivity index (χ3n) is 3.95. The Morgan fingerprint density at radius 3 is 3.15 bits per heavy atom. The lowest BCUT2D eigenvalue weighted by Gasteiger charge is -2.32. The average molecular weight is 273 g/mol. The van der Waals surface area contributed by atoms with Crippen LogP contribution in [0.4, 0.5) is 0 Å². The molecule has 0 aliphatic carbocycles. The van der Waals surface area contributed by atoms with Crippen molar-refractivity contribution in [3.63, 3.8) is 0 Å². The van der Waals surface area contributed by atoms with Gasteiger partial charge in [0.2, 0.25) is 0 Å². The second-order valence-corrected chi connectivity index (χ2v) is 5.40. The van der Waals surface area contributed by atoms with Crippen LogP contribution in [0.25, 0.3) is 0 Å². The molecule has 2 aromatic rings. The van der Waals surface area contributed by atoms with Crippen LogP contribution in [0.1, 0.15) is 29.0 Å². The Bertz CT molecular complexity index is 574. The van der Waals surface area contributed by atoms with Gasteiger partial charge in [-0.2, -0.15) is 0 Å². The summed E-state index contributed by atoms with van der Waals surface area (Å²) in [4.78, 5) is 18.5. The van der Waals surface area contributed by atoms with Crippen LogP contribution in [0.2, 0.25) is 0 Å². The van der Waals surface area contributed by atoms with Crippen LogP contribution in [0.15, 0.2) is 35.4 Å². The van der Waals surface area contributed by atoms with Crippen molar-refractivity contribution < 1.29 is 9.21 Å². The molecule has 3 rings (SSSR count). The van der Waals surface area contributed by atoms with E-state index in [1.54, 1.807) is 12.3 Å². The van der Waals surface area contributed by atoms with E-state index in [0.717, 1.165) is 38.3 Å². The van der Waals surface area contributed by atoms with Gasteiger partial charge in [0, 0.05) is 32.0 Å². The number of amides is 1. The highest BCUT2D eigenvalue weighted by molar-refractivity contribution is 5.93. The minimum Gasteiger partial charge on any atom is -0.472 e. The van der Waals surface area contributed by atoms with E-state index in [1.165, 1.54) is 6.26 Å². The molecule has 0 unspecified atom stereocenters. The fourth-order valence-electron chi connectivity index (χ4n) is 2.84. The third kappa shape index (κ3) is 2.61. The SMILES string of the molecule is Cc1nccn1C[C@@H]1CCCN(C(=O)c2ccoc2)C1. The van der Waals surface area contributed by atoms with Gasteiger partial charge < -0.3 is 13.9 Å². The zero-order chi connectivity index (χ0) is 13.9. The van der Waals surface area contributed by atoms with Crippen LogP contribution >= 0.6 is 0 Å². The molecule has 1 aliphatic heterocycles. The normalized spacial score (nSPS) is 19.2. The lowest BCUT2D eigenvalue weighted by atomic mass is 9.97. The zero-order valence-corrected chi connectivity index (χ0v) is 11.7. The van der Waals surface area contributed by atoms with Gasteiger partial charge in [0.05, 0.1) is 11.8 Å². The number of rotatable bonds is 3. The molecule has 0 aromatic carbocycles. The number of furan rings is 1. The number of aromatic nitrogens is 2. The molecule has 1 atom stereocenters. The molecule has 20 heavy (non-hydrogen) atoms. The van der Waals surface area contributed by atoms with E-state index in [4.69, 9.17) is 4.42 Å². The molecule has 1 fully saturated rings. The molecule has 5 heteroatoms. The summed E-state index contributed by atoms with van der Waals surface area (Å²) in [5.74, 6) is 1.60. The Hall–Kier alpha value is -2.04. The Kier molecular flexibility index (Phi) is 3.58. The minimum absolute atomic E-state index is 0.0748. The van der Waals surface area contributed by atoms with Crippen LogP contribution in [0, 0.1) is 12.8 Å². The van der Waals surface area contributed by atoms with Crippen LogP contribution in [0.3, 0.4) is 0 Å². The quantitative estimate of drug-likeness (QED) is 0.862. The van der Waals surface area contributed by atoms with E-state index in [1.807, 2.05) is 24.2 Å². The van der Waals surface area contributed by atoms with Crippen LogP contribution < -0.4 is 0 Å². The molecule has 0 radical (unpaired) electrons. The van der Waals surface area contributed by atoms with Gasteiger partial charge in [-0.15, -0.1) is 0 Å².